The molecule has 80 valence electrons. The maximum atomic E-state index is 10.8. The predicted octanol–water partition coefficient (Wildman–Crippen LogP) is -0.119. The van der Waals surface area contributed by atoms with E-state index in [1.54, 1.807) is 0 Å². The number of amides is 1. The van der Waals surface area contributed by atoms with Crippen molar-refractivity contribution in [2.24, 2.45) is 0 Å². The molecule has 0 aliphatic carbocycles. The third kappa shape index (κ3) is 2.71. The SMILES string of the molecule is C=C1CN(C(=O)O)CC1OS(C)(=O)=O. The van der Waals surface area contributed by atoms with Crippen LogP contribution < -0.4 is 0 Å². The molecule has 1 heterocycles. The highest BCUT2D eigenvalue weighted by molar-refractivity contribution is 7.86. The Bertz CT molecular complexity index is 360. The molecule has 1 unspecified atom stereocenters. The minimum atomic E-state index is -3.57. The highest BCUT2D eigenvalue weighted by Gasteiger charge is 2.32. The second kappa shape index (κ2) is 3.58. The van der Waals surface area contributed by atoms with Crippen LogP contribution in [0.25, 0.3) is 0 Å². The molecule has 6 nitrogen and oxygen atoms in total. The van der Waals surface area contributed by atoms with Crippen molar-refractivity contribution < 1.29 is 22.5 Å². The molecule has 0 radical (unpaired) electrons. The van der Waals surface area contributed by atoms with Crippen molar-refractivity contribution in [3.8, 4) is 0 Å². The first-order valence-corrected chi connectivity index (χ1v) is 5.65. The van der Waals surface area contributed by atoms with E-state index in [9.17, 15) is 13.2 Å². The molecule has 0 aromatic rings. The van der Waals surface area contributed by atoms with Gasteiger partial charge >= 0.3 is 6.09 Å². The van der Waals surface area contributed by atoms with Gasteiger partial charge < -0.3 is 10.0 Å². The van der Waals surface area contributed by atoms with Gasteiger partial charge in [-0.3, -0.25) is 4.18 Å². The van der Waals surface area contributed by atoms with E-state index in [1.165, 1.54) is 0 Å². The van der Waals surface area contributed by atoms with Crippen LogP contribution in [0.1, 0.15) is 0 Å². The largest absolute Gasteiger partial charge is 0.465 e. The van der Waals surface area contributed by atoms with E-state index in [1.807, 2.05) is 0 Å². The van der Waals surface area contributed by atoms with E-state index >= 15 is 0 Å². The molecule has 1 fully saturated rings. The maximum absolute atomic E-state index is 10.8. The summed E-state index contributed by atoms with van der Waals surface area (Å²) in [5.74, 6) is 0. The van der Waals surface area contributed by atoms with Gasteiger partial charge in [0, 0.05) is 6.54 Å². The van der Waals surface area contributed by atoms with Gasteiger partial charge in [0.15, 0.2) is 0 Å². The Hall–Kier alpha value is -1.08. The quantitative estimate of drug-likeness (QED) is 0.519. The van der Waals surface area contributed by atoms with Gasteiger partial charge in [0.25, 0.3) is 10.1 Å². The molecule has 1 saturated heterocycles. The molecule has 7 heteroatoms. The first-order valence-electron chi connectivity index (χ1n) is 3.83. The molecular weight excluding hydrogens is 210 g/mol. The second-order valence-electron chi connectivity index (χ2n) is 3.11. The van der Waals surface area contributed by atoms with E-state index in [4.69, 9.17) is 5.11 Å². The normalized spacial score (nSPS) is 22.8. The van der Waals surface area contributed by atoms with Gasteiger partial charge in [-0.05, 0) is 5.57 Å². The lowest BCUT2D eigenvalue weighted by atomic mass is 10.2. The van der Waals surface area contributed by atoms with E-state index < -0.39 is 22.3 Å². The Morgan fingerprint density at radius 1 is 1.71 bits per heavy atom. The molecule has 1 rings (SSSR count). The zero-order valence-electron chi connectivity index (χ0n) is 7.63. The topological polar surface area (TPSA) is 83.9 Å². The van der Waals surface area contributed by atoms with Crippen molar-refractivity contribution in [1.29, 1.82) is 0 Å². The summed E-state index contributed by atoms with van der Waals surface area (Å²) in [7, 11) is -3.57. The fraction of sp³-hybridized carbons (Fsp3) is 0.571. The third-order valence-corrected chi connectivity index (χ3v) is 2.38. The van der Waals surface area contributed by atoms with Crippen molar-refractivity contribution in [3.63, 3.8) is 0 Å². The van der Waals surface area contributed by atoms with Gasteiger partial charge in [-0.2, -0.15) is 8.42 Å². The van der Waals surface area contributed by atoms with Crippen LogP contribution in [0.5, 0.6) is 0 Å². The van der Waals surface area contributed by atoms with Gasteiger partial charge in [-0.15, -0.1) is 0 Å². The zero-order chi connectivity index (χ0) is 10.9. The monoisotopic (exact) mass is 221 g/mol. The van der Waals surface area contributed by atoms with Gasteiger partial charge in [-0.25, -0.2) is 4.79 Å². The highest BCUT2D eigenvalue weighted by Crippen LogP contribution is 2.18. The number of nitrogens with zero attached hydrogens (tertiary/aromatic N) is 1. The number of carboxylic acid groups (broad SMARTS) is 1. The fourth-order valence-electron chi connectivity index (χ4n) is 1.20. The summed E-state index contributed by atoms with van der Waals surface area (Å²) in [4.78, 5) is 11.6. The Morgan fingerprint density at radius 3 is 2.64 bits per heavy atom. The average Bonchev–Trinajstić information content (AvgIpc) is 2.29. The number of hydrogen-bond acceptors (Lipinski definition) is 4. The van der Waals surface area contributed by atoms with Crippen LogP contribution in [0.4, 0.5) is 4.79 Å². The van der Waals surface area contributed by atoms with Crippen LogP contribution in [-0.4, -0.2) is 50.0 Å². The predicted molar refractivity (Wildman–Crippen MR) is 48.5 cm³/mol. The number of likely N-dealkylation sites (tertiary alicyclic amines) is 1. The van der Waals surface area contributed by atoms with E-state index in [0.29, 0.717) is 5.57 Å². The summed E-state index contributed by atoms with van der Waals surface area (Å²) in [6.45, 7) is 3.69. The standard InChI is InChI=1S/C7H11NO5S/c1-5-3-8(7(9)10)4-6(5)13-14(2,11)12/h6H,1,3-4H2,2H3,(H,9,10). The van der Waals surface area contributed by atoms with Crippen LogP contribution in [0.3, 0.4) is 0 Å². The van der Waals surface area contributed by atoms with Crippen LogP contribution in [0.15, 0.2) is 12.2 Å². The molecule has 0 aromatic heterocycles. The van der Waals surface area contributed by atoms with Gasteiger partial charge in [0.1, 0.15) is 6.10 Å². The summed E-state index contributed by atoms with van der Waals surface area (Å²) < 4.78 is 26.2. The average molecular weight is 221 g/mol. The lowest BCUT2D eigenvalue weighted by Gasteiger charge is -2.10. The molecule has 0 saturated carbocycles. The Morgan fingerprint density at radius 2 is 2.29 bits per heavy atom. The summed E-state index contributed by atoms with van der Waals surface area (Å²) in [6.07, 6.45) is -0.934. The maximum Gasteiger partial charge on any atom is 0.407 e. The Balaban J connectivity index is 2.67. The van der Waals surface area contributed by atoms with E-state index in [-0.39, 0.29) is 13.1 Å². The minimum Gasteiger partial charge on any atom is -0.465 e. The highest BCUT2D eigenvalue weighted by atomic mass is 32.2. The zero-order valence-corrected chi connectivity index (χ0v) is 8.45. The van der Waals surface area contributed by atoms with Crippen LogP contribution in [-0.2, 0) is 14.3 Å². The molecule has 1 aliphatic heterocycles. The minimum absolute atomic E-state index is 0.0151. The molecule has 0 aromatic carbocycles. The van der Waals surface area contributed by atoms with Gasteiger partial charge in [0.2, 0.25) is 0 Å². The first-order chi connectivity index (χ1) is 6.29. The number of carbonyl (C=O) groups is 1. The molecule has 14 heavy (non-hydrogen) atoms. The van der Waals surface area contributed by atoms with E-state index in [2.05, 4.69) is 10.8 Å². The molecule has 0 spiro atoms. The van der Waals surface area contributed by atoms with Crippen molar-refractivity contribution in [2.75, 3.05) is 19.3 Å². The third-order valence-electron chi connectivity index (χ3n) is 1.80. The fourth-order valence-corrected chi connectivity index (χ4v) is 1.81. The number of rotatable bonds is 2. The summed E-state index contributed by atoms with van der Waals surface area (Å²) >= 11 is 0. The lowest BCUT2D eigenvalue weighted by molar-refractivity contribution is 0.147. The van der Waals surface area contributed by atoms with Crippen LogP contribution in [0.2, 0.25) is 0 Å². The molecule has 0 bridgehead atoms. The summed E-state index contributed by atoms with van der Waals surface area (Å²) in [5.41, 5.74) is 0.456. The molecule has 1 atom stereocenters. The Labute approximate surface area is 81.9 Å². The molecule has 1 aliphatic rings. The molecule has 1 N–H and O–H groups in total. The number of hydrogen-bond donors (Lipinski definition) is 1. The van der Waals surface area contributed by atoms with Crippen LogP contribution in [0, 0.1) is 0 Å². The summed E-state index contributed by atoms with van der Waals surface area (Å²) in [5, 5.41) is 8.63. The Kier molecular flexibility index (Phi) is 2.81. The smallest absolute Gasteiger partial charge is 0.407 e. The van der Waals surface area contributed by atoms with Crippen molar-refractivity contribution in [2.45, 2.75) is 6.10 Å². The van der Waals surface area contributed by atoms with Crippen molar-refractivity contribution in [3.05, 3.63) is 12.2 Å². The first kappa shape index (κ1) is 11.0. The van der Waals surface area contributed by atoms with Crippen molar-refractivity contribution in [1.82, 2.24) is 4.90 Å². The van der Waals surface area contributed by atoms with E-state index in [0.717, 1.165) is 11.2 Å². The summed E-state index contributed by atoms with van der Waals surface area (Å²) in [6, 6.07) is 0. The van der Waals surface area contributed by atoms with Gasteiger partial charge in [-0.1, -0.05) is 6.58 Å². The van der Waals surface area contributed by atoms with Gasteiger partial charge in [0.05, 0.1) is 12.8 Å². The van der Waals surface area contributed by atoms with Crippen molar-refractivity contribution >= 4 is 16.2 Å². The second-order valence-corrected chi connectivity index (χ2v) is 4.71. The molecular formula is C7H11NO5S. The molecule has 1 amide bonds. The van der Waals surface area contributed by atoms with Crippen LogP contribution >= 0.6 is 0 Å². The lowest BCUT2D eigenvalue weighted by Crippen LogP contribution is -2.29.